The smallest absolute Gasteiger partial charge is 0.274 e. The highest BCUT2D eigenvalue weighted by Gasteiger charge is 2.11. The van der Waals surface area contributed by atoms with E-state index in [1.54, 1.807) is 24.3 Å². The number of carbonyl (C=O) groups is 1. The summed E-state index contributed by atoms with van der Waals surface area (Å²) in [4.78, 5) is 20.9. The fourth-order valence-corrected chi connectivity index (χ4v) is 2.45. The van der Waals surface area contributed by atoms with E-state index in [0.717, 1.165) is 0 Å². The summed E-state index contributed by atoms with van der Waals surface area (Å²) < 4.78 is 5.77. The average Bonchev–Trinajstić information content (AvgIpc) is 2.69. The van der Waals surface area contributed by atoms with Crippen molar-refractivity contribution in [3.63, 3.8) is 0 Å². The van der Waals surface area contributed by atoms with E-state index in [1.807, 2.05) is 44.2 Å². The van der Waals surface area contributed by atoms with Crippen molar-refractivity contribution in [2.24, 2.45) is 0 Å². The summed E-state index contributed by atoms with van der Waals surface area (Å²) in [6, 6.07) is 17.7. The van der Waals surface area contributed by atoms with Crippen LogP contribution in [0.15, 0.2) is 60.8 Å². The number of nitrogens with one attached hydrogen (secondary N) is 2. The molecule has 0 atom stereocenters. The molecule has 7 nitrogen and oxygen atoms in total. The lowest BCUT2D eigenvalue weighted by Gasteiger charge is -2.14. The Morgan fingerprint density at radius 2 is 1.96 bits per heavy atom. The van der Waals surface area contributed by atoms with Crippen LogP contribution in [-0.4, -0.2) is 22.0 Å². The maximum absolute atomic E-state index is 12.5. The molecule has 7 heteroatoms. The second-order valence-electron chi connectivity index (χ2n) is 6.20. The maximum atomic E-state index is 12.5. The van der Waals surface area contributed by atoms with Gasteiger partial charge in [-0.3, -0.25) is 4.79 Å². The third-order valence-electron chi connectivity index (χ3n) is 3.63. The molecule has 0 aliphatic rings. The van der Waals surface area contributed by atoms with Gasteiger partial charge in [0, 0.05) is 11.9 Å². The van der Waals surface area contributed by atoms with Gasteiger partial charge in [-0.2, -0.15) is 5.26 Å². The van der Waals surface area contributed by atoms with Gasteiger partial charge >= 0.3 is 0 Å². The van der Waals surface area contributed by atoms with Gasteiger partial charge in [0.2, 0.25) is 5.95 Å². The van der Waals surface area contributed by atoms with Gasteiger partial charge in [-0.05, 0) is 50.2 Å². The number of amides is 1. The van der Waals surface area contributed by atoms with Gasteiger partial charge < -0.3 is 15.4 Å². The molecule has 0 unspecified atom stereocenters. The van der Waals surface area contributed by atoms with Crippen molar-refractivity contribution in [1.82, 2.24) is 9.97 Å². The van der Waals surface area contributed by atoms with Crippen molar-refractivity contribution in [2.75, 3.05) is 10.6 Å². The van der Waals surface area contributed by atoms with Gasteiger partial charge in [0.15, 0.2) is 0 Å². The fourth-order valence-electron chi connectivity index (χ4n) is 2.45. The van der Waals surface area contributed by atoms with E-state index in [4.69, 9.17) is 10.00 Å². The summed E-state index contributed by atoms with van der Waals surface area (Å²) in [5, 5.41) is 14.8. The number of hydrogen-bond acceptors (Lipinski definition) is 6. The van der Waals surface area contributed by atoms with E-state index in [9.17, 15) is 4.79 Å². The number of nitrogens with zero attached hydrogens (tertiary/aromatic N) is 3. The molecule has 2 aromatic carbocycles. The van der Waals surface area contributed by atoms with Crippen molar-refractivity contribution in [3.8, 4) is 11.8 Å². The Morgan fingerprint density at radius 1 is 1.14 bits per heavy atom. The van der Waals surface area contributed by atoms with E-state index in [1.165, 1.54) is 12.3 Å². The molecule has 2 N–H and O–H groups in total. The maximum Gasteiger partial charge on any atom is 0.274 e. The molecule has 0 aliphatic carbocycles. The Hall–Kier alpha value is -3.92. The number of nitriles is 1. The zero-order chi connectivity index (χ0) is 19.9. The third-order valence-corrected chi connectivity index (χ3v) is 3.63. The van der Waals surface area contributed by atoms with E-state index in [-0.39, 0.29) is 17.7 Å². The number of ether oxygens (including phenoxy) is 1. The molecule has 1 heterocycles. The number of aromatic nitrogens is 2. The Bertz CT molecular complexity index is 1030. The highest BCUT2D eigenvalue weighted by atomic mass is 16.5. The van der Waals surface area contributed by atoms with Crippen molar-refractivity contribution < 1.29 is 9.53 Å². The van der Waals surface area contributed by atoms with Crippen molar-refractivity contribution in [3.05, 3.63) is 72.1 Å². The van der Waals surface area contributed by atoms with E-state index >= 15 is 0 Å². The van der Waals surface area contributed by atoms with Crippen LogP contribution in [0, 0.1) is 11.3 Å². The highest BCUT2D eigenvalue weighted by Crippen LogP contribution is 2.27. The van der Waals surface area contributed by atoms with Crippen LogP contribution in [0.5, 0.6) is 5.75 Å². The van der Waals surface area contributed by atoms with E-state index in [2.05, 4.69) is 20.6 Å². The lowest BCUT2D eigenvalue weighted by atomic mass is 10.2. The first-order valence-corrected chi connectivity index (χ1v) is 8.72. The molecule has 3 aromatic rings. The molecule has 140 valence electrons. The molecule has 0 saturated carbocycles. The molecule has 0 radical (unpaired) electrons. The largest absolute Gasteiger partial charge is 0.489 e. The van der Waals surface area contributed by atoms with Crippen LogP contribution in [0.4, 0.5) is 17.3 Å². The zero-order valence-corrected chi connectivity index (χ0v) is 15.5. The predicted molar refractivity (Wildman–Crippen MR) is 107 cm³/mol. The minimum Gasteiger partial charge on any atom is -0.489 e. The van der Waals surface area contributed by atoms with Gasteiger partial charge in [0.25, 0.3) is 5.91 Å². The first-order chi connectivity index (χ1) is 13.5. The minimum absolute atomic E-state index is 0.0187. The number of para-hydroxylation sites is 2. The van der Waals surface area contributed by atoms with Gasteiger partial charge in [0.05, 0.1) is 23.4 Å². The van der Waals surface area contributed by atoms with Crippen molar-refractivity contribution >= 4 is 23.2 Å². The topological polar surface area (TPSA) is 99.9 Å². The summed E-state index contributed by atoms with van der Waals surface area (Å²) in [6.45, 7) is 3.89. The van der Waals surface area contributed by atoms with Crippen LogP contribution in [0.25, 0.3) is 0 Å². The Kier molecular flexibility index (Phi) is 5.82. The third kappa shape index (κ3) is 4.83. The number of hydrogen-bond donors (Lipinski definition) is 2. The van der Waals surface area contributed by atoms with Crippen LogP contribution in [0.2, 0.25) is 0 Å². The van der Waals surface area contributed by atoms with Gasteiger partial charge in [-0.1, -0.05) is 18.2 Å². The predicted octanol–water partition coefficient (Wildman–Crippen LogP) is 4.13. The van der Waals surface area contributed by atoms with E-state index in [0.29, 0.717) is 22.7 Å². The monoisotopic (exact) mass is 373 g/mol. The van der Waals surface area contributed by atoms with Crippen LogP contribution in [-0.2, 0) is 0 Å². The summed E-state index contributed by atoms with van der Waals surface area (Å²) >= 11 is 0. The second-order valence-corrected chi connectivity index (χ2v) is 6.20. The second kappa shape index (κ2) is 8.64. The van der Waals surface area contributed by atoms with Gasteiger partial charge in [-0.15, -0.1) is 0 Å². The average molecular weight is 373 g/mol. The molecule has 3 rings (SSSR count). The Balaban J connectivity index is 1.77. The lowest BCUT2D eigenvalue weighted by molar-refractivity contribution is 0.102. The van der Waals surface area contributed by atoms with Crippen LogP contribution in [0.1, 0.15) is 29.9 Å². The molecule has 28 heavy (non-hydrogen) atoms. The Labute approximate surface area is 163 Å². The Morgan fingerprint density at radius 3 is 2.75 bits per heavy atom. The fraction of sp³-hybridized carbons (Fsp3) is 0.143. The lowest BCUT2D eigenvalue weighted by Crippen LogP contribution is -2.15. The SMILES string of the molecule is CC(C)Oc1ccccc1Nc1nccc(C(=O)Nc2cccc(C#N)c2)n1. The standard InChI is InChI=1S/C21H19N5O2/c1-14(2)28-19-9-4-3-8-17(19)25-21-23-11-10-18(26-21)20(27)24-16-7-5-6-15(12-16)13-22/h3-12,14H,1-2H3,(H,24,27)(H,23,25,26). The summed E-state index contributed by atoms with van der Waals surface area (Å²) in [6.07, 6.45) is 1.52. The molecule has 0 saturated heterocycles. The highest BCUT2D eigenvalue weighted by molar-refractivity contribution is 6.03. The molecule has 1 aromatic heterocycles. The summed E-state index contributed by atoms with van der Waals surface area (Å²) in [5.74, 6) is 0.551. The summed E-state index contributed by atoms with van der Waals surface area (Å²) in [5.41, 5.74) is 1.88. The molecule has 0 bridgehead atoms. The molecule has 0 fully saturated rings. The molecular weight excluding hydrogens is 354 g/mol. The molecular formula is C21H19N5O2. The zero-order valence-electron chi connectivity index (χ0n) is 15.5. The number of anilines is 3. The minimum atomic E-state index is -0.396. The van der Waals surface area contributed by atoms with Gasteiger partial charge in [0.1, 0.15) is 11.4 Å². The number of carbonyl (C=O) groups excluding carboxylic acids is 1. The number of rotatable bonds is 6. The number of benzene rings is 2. The van der Waals surface area contributed by atoms with Gasteiger partial charge in [-0.25, -0.2) is 9.97 Å². The quantitative estimate of drug-likeness (QED) is 0.674. The molecule has 0 spiro atoms. The van der Waals surface area contributed by atoms with Crippen molar-refractivity contribution in [1.29, 1.82) is 5.26 Å². The first-order valence-electron chi connectivity index (χ1n) is 8.72. The van der Waals surface area contributed by atoms with Crippen LogP contribution < -0.4 is 15.4 Å². The van der Waals surface area contributed by atoms with Crippen LogP contribution >= 0.6 is 0 Å². The normalized spacial score (nSPS) is 10.2. The first kappa shape index (κ1) is 18.9. The van der Waals surface area contributed by atoms with Crippen molar-refractivity contribution in [2.45, 2.75) is 20.0 Å². The summed E-state index contributed by atoms with van der Waals surface area (Å²) in [7, 11) is 0. The van der Waals surface area contributed by atoms with Crippen LogP contribution in [0.3, 0.4) is 0 Å². The molecule has 0 aliphatic heterocycles. The molecule has 1 amide bonds. The van der Waals surface area contributed by atoms with E-state index < -0.39 is 5.91 Å².